The van der Waals surface area contributed by atoms with Gasteiger partial charge in [0, 0.05) is 23.9 Å². The van der Waals surface area contributed by atoms with Crippen LogP contribution in [0.25, 0.3) is 0 Å². The van der Waals surface area contributed by atoms with Gasteiger partial charge in [0.1, 0.15) is 0 Å². The SMILES string of the molecule is CCI=N/C=C\NC. The van der Waals surface area contributed by atoms with Crippen molar-refractivity contribution in [2.45, 2.75) is 6.92 Å². The Morgan fingerprint density at radius 2 is 2.50 bits per heavy atom. The van der Waals surface area contributed by atoms with Gasteiger partial charge in [-0.2, -0.15) is 0 Å². The standard InChI is InChI=1S/C5H11IN2/c1-3-6-8-5-4-7-2/h4-5,7H,3H2,1-2H3/b5-4-. The van der Waals surface area contributed by atoms with Crippen molar-refractivity contribution in [1.82, 2.24) is 5.32 Å². The summed E-state index contributed by atoms with van der Waals surface area (Å²) in [5.74, 6) is 0. The Balaban J connectivity index is 3.13. The molecule has 0 aromatic heterocycles. The van der Waals surface area contributed by atoms with Gasteiger partial charge in [-0.15, -0.1) is 0 Å². The van der Waals surface area contributed by atoms with Crippen LogP contribution < -0.4 is 5.32 Å². The highest BCUT2D eigenvalue weighted by atomic mass is 127. The smallest absolute Gasteiger partial charge is 0.0482 e. The molecule has 0 aliphatic carbocycles. The molecule has 0 aromatic rings. The second kappa shape index (κ2) is 7.07. The fourth-order valence-electron chi connectivity index (χ4n) is 0.212. The summed E-state index contributed by atoms with van der Waals surface area (Å²) in [7, 11) is 1.87. The van der Waals surface area contributed by atoms with Crippen molar-refractivity contribution in [3.05, 3.63) is 12.4 Å². The van der Waals surface area contributed by atoms with Crippen LogP contribution in [0, 0.1) is 0 Å². The Kier molecular flexibility index (Phi) is 7.13. The topological polar surface area (TPSA) is 24.4 Å². The highest BCUT2D eigenvalue weighted by Crippen LogP contribution is 1.97. The molecule has 48 valence electrons. The van der Waals surface area contributed by atoms with E-state index in [1.165, 1.54) is 4.43 Å². The van der Waals surface area contributed by atoms with Crippen molar-refractivity contribution < 1.29 is 0 Å². The number of alkyl halides is 1. The Morgan fingerprint density at radius 3 is 3.00 bits per heavy atom. The first-order chi connectivity index (χ1) is 3.91. The van der Waals surface area contributed by atoms with Gasteiger partial charge in [-0.1, -0.05) is 6.92 Å². The summed E-state index contributed by atoms with van der Waals surface area (Å²) in [6, 6.07) is 0. The lowest BCUT2D eigenvalue weighted by Crippen LogP contribution is -1.89. The second-order valence-electron chi connectivity index (χ2n) is 1.09. The number of rotatable bonds is 3. The van der Waals surface area contributed by atoms with E-state index in [0.29, 0.717) is 0 Å². The van der Waals surface area contributed by atoms with Gasteiger partial charge in [-0.25, -0.2) is 3.15 Å². The van der Waals surface area contributed by atoms with E-state index >= 15 is 0 Å². The van der Waals surface area contributed by atoms with Crippen LogP contribution in [0.1, 0.15) is 6.92 Å². The molecule has 0 spiro atoms. The zero-order valence-electron chi connectivity index (χ0n) is 5.19. The second-order valence-corrected chi connectivity index (χ2v) is 3.85. The molecule has 2 nitrogen and oxygen atoms in total. The molecular weight excluding hydrogens is 215 g/mol. The zero-order valence-corrected chi connectivity index (χ0v) is 7.34. The molecule has 0 atom stereocenters. The van der Waals surface area contributed by atoms with Gasteiger partial charge in [-0.05, 0) is 21.0 Å². The average Bonchev–Trinajstić information content (AvgIpc) is 1.81. The average molecular weight is 226 g/mol. The van der Waals surface area contributed by atoms with Crippen molar-refractivity contribution in [2.24, 2.45) is 3.15 Å². The summed E-state index contributed by atoms with van der Waals surface area (Å²) < 4.78 is 5.38. The molecule has 0 unspecified atom stereocenters. The lowest BCUT2D eigenvalue weighted by atomic mass is 10.9. The molecule has 3 heteroatoms. The maximum absolute atomic E-state index is 4.15. The number of hydrogen-bond donors (Lipinski definition) is 1. The van der Waals surface area contributed by atoms with E-state index in [1.807, 2.05) is 19.4 Å². The van der Waals surface area contributed by atoms with Crippen molar-refractivity contribution >= 4 is 21.0 Å². The summed E-state index contributed by atoms with van der Waals surface area (Å²) in [5.41, 5.74) is 0. The lowest BCUT2D eigenvalue weighted by Gasteiger charge is -1.78. The Morgan fingerprint density at radius 1 is 1.75 bits per heavy atom. The minimum atomic E-state index is 0.114. The van der Waals surface area contributed by atoms with E-state index in [-0.39, 0.29) is 21.0 Å². The summed E-state index contributed by atoms with van der Waals surface area (Å²) >= 11 is 0.114. The third-order valence-corrected chi connectivity index (χ3v) is 1.88. The van der Waals surface area contributed by atoms with Crippen LogP contribution in [-0.4, -0.2) is 11.5 Å². The minimum absolute atomic E-state index is 0.114. The van der Waals surface area contributed by atoms with Gasteiger partial charge >= 0.3 is 0 Å². The van der Waals surface area contributed by atoms with E-state index in [1.54, 1.807) is 0 Å². The minimum Gasteiger partial charge on any atom is -0.393 e. The predicted octanol–water partition coefficient (Wildman–Crippen LogP) is 1.85. The monoisotopic (exact) mass is 226 g/mol. The molecule has 0 fully saturated rings. The summed E-state index contributed by atoms with van der Waals surface area (Å²) in [6.07, 6.45) is 3.67. The third kappa shape index (κ3) is 6.07. The largest absolute Gasteiger partial charge is 0.393 e. The maximum Gasteiger partial charge on any atom is 0.0482 e. The van der Waals surface area contributed by atoms with Crippen LogP contribution >= 0.6 is 21.0 Å². The molecule has 0 aliphatic heterocycles. The van der Waals surface area contributed by atoms with Gasteiger partial charge in [-0.3, -0.25) is 0 Å². The molecule has 1 N–H and O–H groups in total. The molecule has 0 amide bonds. The van der Waals surface area contributed by atoms with Crippen LogP contribution in [0.2, 0.25) is 0 Å². The van der Waals surface area contributed by atoms with Gasteiger partial charge in [0.15, 0.2) is 0 Å². The van der Waals surface area contributed by atoms with E-state index in [4.69, 9.17) is 0 Å². The molecule has 0 bridgehead atoms. The molecule has 0 aliphatic rings. The van der Waals surface area contributed by atoms with E-state index in [2.05, 4.69) is 15.4 Å². The summed E-state index contributed by atoms with van der Waals surface area (Å²) in [5, 5.41) is 2.87. The van der Waals surface area contributed by atoms with E-state index in [0.717, 1.165) is 0 Å². The number of hydrogen-bond acceptors (Lipinski definition) is 2. The molecule has 0 heterocycles. The highest BCUT2D eigenvalue weighted by Gasteiger charge is 1.61. The Hall–Kier alpha value is 0.0700. The molecule has 0 saturated carbocycles. The number of halogens is 1. The maximum atomic E-state index is 4.15. The summed E-state index contributed by atoms with van der Waals surface area (Å²) in [6.45, 7) is 2.16. The normalized spacial score (nSPS) is 12.2. The lowest BCUT2D eigenvalue weighted by molar-refractivity contribution is 1.10. The Bertz CT molecular complexity index is 76.4. The van der Waals surface area contributed by atoms with Crippen molar-refractivity contribution in [1.29, 1.82) is 0 Å². The van der Waals surface area contributed by atoms with Crippen molar-refractivity contribution in [3.8, 4) is 0 Å². The van der Waals surface area contributed by atoms with Crippen molar-refractivity contribution in [2.75, 3.05) is 11.5 Å². The van der Waals surface area contributed by atoms with Crippen LogP contribution in [0.15, 0.2) is 15.5 Å². The molecule has 0 radical (unpaired) electrons. The van der Waals surface area contributed by atoms with Gasteiger partial charge in [0.25, 0.3) is 0 Å². The fourth-order valence-corrected chi connectivity index (χ4v) is 0.994. The molecule has 0 aromatic carbocycles. The highest BCUT2D eigenvalue weighted by molar-refractivity contribution is 14.2. The molecule has 0 saturated heterocycles. The van der Waals surface area contributed by atoms with Crippen LogP contribution in [0.5, 0.6) is 0 Å². The zero-order chi connectivity index (χ0) is 6.24. The molecule has 8 heavy (non-hydrogen) atoms. The van der Waals surface area contributed by atoms with Crippen molar-refractivity contribution in [3.63, 3.8) is 0 Å². The fraction of sp³-hybridized carbons (Fsp3) is 0.600. The number of nitrogens with zero attached hydrogens (tertiary/aromatic N) is 1. The van der Waals surface area contributed by atoms with Crippen LogP contribution in [-0.2, 0) is 0 Å². The van der Waals surface area contributed by atoms with E-state index < -0.39 is 0 Å². The summed E-state index contributed by atoms with van der Waals surface area (Å²) in [4.78, 5) is 0. The Labute approximate surface area is 60.5 Å². The van der Waals surface area contributed by atoms with Crippen LogP contribution in [0.3, 0.4) is 0 Å². The first-order valence-electron chi connectivity index (χ1n) is 2.52. The number of nitrogens with one attached hydrogen (secondary N) is 1. The first-order valence-corrected chi connectivity index (χ1v) is 5.01. The quantitative estimate of drug-likeness (QED) is 0.576. The third-order valence-electron chi connectivity index (χ3n) is 0.486. The predicted molar refractivity (Wildman–Crippen MR) is 45.2 cm³/mol. The van der Waals surface area contributed by atoms with Gasteiger partial charge in [0.2, 0.25) is 0 Å². The van der Waals surface area contributed by atoms with Gasteiger partial charge in [0.05, 0.1) is 0 Å². The first kappa shape index (κ1) is 8.07. The molecular formula is C5H11IN2. The van der Waals surface area contributed by atoms with E-state index in [9.17, 15) is 0 Å². The molecule has 0 rings (SSSR count). The van der Waals surface area contributed by atoms with Crippen LogP contribution in [0.4, 0.5) is 0 Å². The van der Waals surface area contributed by atoms with Gasteiger partial charge < -0.3 is 5.32 Å².